The zero-order chi connectivity index (χ0) is 14.3. The normalized spacial score (nSPS) is 10.3. The van der Waals surface area contributed by atoms with Crippen molar-refractivity contribution in [2.75, 3.05) is 26.7 Å². The van der Waals surface area contributed by atoms with E-state index in [1.807, 2.05) is 24.0 Å². The Kier molecular flexibility index (Phi) is 6.36. The topological polar surface area (TPSA) is 55.6 Å². The summed E-state index contributed by atoms with van der Waals surface area (Å²) < 4.78 is 5.26. The number of carbonyl (C=O) groups excluding carboxylic acids is 1. The van der Waals surface area contributed by atoms with E-state index in [0.29, 0.717) is 18.7 Å². The first-order valence-electron chi connectivity index (χ1n) is 6.78. The lowest BCUT2D eigenvalue weighted by Crippen LogP contribution is -2.36. The lowest BCUT2D eigenvalue weighted by atomic mass is 10.1. The molecule has 0 atom stereocenters. The molecule has 0 aliphatic heterocycles. The van der Waals surface area contributed by atoms with E-state index >= 15 is 0 Å². The second kappa shape index (κ2) is 7.79. The molecular formula is C15H24N2O2. The van der Waals surface area contributed by atoms with E-state index < -0.39 is 0 Å². The van der Waals surface area contributed by atoms with Crippen LogP contribution >= 0.6 is 0 Å². The van der Waals surface area contributed by atoms with Crippen molar-refractivity contribution in [3.63, 3.8) is 0 Å². The number of carbonyl (C=O) groups is 1. The van der Waals surface area contributed by atoms with E-state index in [1.54, 1.807) is 13.2 Å². The lowest BCUT2D eigenvalue weighted by Gasteiger charge is -2.22. The predicted molar refractivity (Wildman–Crippen MR) is 77.6 cm³/mol. The van der Waals surface area contributed by atoms with Crippen LogP contribution < -0.4 is 10.5 Å². The van der Waals surface area contributed by atoms with Crippen molar-refractivity contribution in [1.29, 1.82) is 0 Å². The molecule has 106 valence electrons. The zero-order valence-electron chi connectivity index (χ0n) is 12.1. The zero-order valence-corrected chi connectivity index (χ0v) is 12.1. The average molecular weight is 264 g/mol. The minimum atomic E-state index is 0.0252. The van der Waals surface area contributed by atoms with Crippen molar-refractivity contribution < 1.29 is 9.53 Å². The highest BCUT2D eigenvalue weighted by molar-refractivity contribution is 5.94. The van der Waals surface area contributed by atoms with Crippen molar-refractivity contribution in [1.82, 2.24) is 4.90 Å². The summed E-state index contributed by atoms with van der Waals surface area (Å²) in [6.07, 6.45) is 2.06. The Bertz CT molecular complexity index is 419. The van der Waals surface area contributed by atoms with Crippen molar-refractivity contribution in [2.24, 2.45) is 5.73 Å². The fourth-order valence-electron chi connectivity index (χ4n) is 1.96. The van der Waals surface area contributed by atoms with Crippen LogP contribution in [-0.4, -0.2) is 37.6 Å². The maximum absolute atomic E-state index is 12.4. The Morgan fingerprint density at radius 2 is 2.11 bits per heavy atom. The first kappa shape index (κ1) is 15.5. The lowest BCUT2D eigenvalue weighted by molar-refractivity contribution is 0.0758. The molecule has 4 nitrogen and oxygen atoms in total. The number of nitrogens with zero attached hydrogens (tertiary/aromatic N) is 1. The number of ether oxygens (including phenoxy) is 1. The van der Waals surface area contributed by atoms with Gasteiger partial charge in [-0.15, -0.1) is 0 Å². The highest BCUT2D eigenvalue weighted by atomic mass is 16.5. The van der Waals surface area contributed by atoms with Crippen LogP contribution in [0.25, 0.3) is 0 Å². The van der Waals surface area contributed by atoms with Crippen LogP contribution in [0.15, 0.2) is 18.2 Å². The van der Waals surface area contributed by atoms with Gasteiger partial charge in [0.25, 0.3) is 5.91 Å². The van der Waals surface area contributed by atoms with Crippen molar-refractivity contribution in [3.05, 3.63) is 29.3 Å². The van der Waals surface area contributed by atoms with E-state index in [2.05, 4.69) is 6.92 Å². The monoisotopic (exact) mass is 264 g/mol. The predicted octanol–water partition coefficient (Wildman–Crippen LogP) is 2.20. The van der Waals surface area contributed by atoms with Crippen molar-refractivity contribution in [3.8, 4) is 5.75 Å². The molecule has 0 radical (unpaired) electrons. The number of amides is 1. The van der Waals surface area contributed by atoms with E-state index in [9.17, 15) is 4.79 Å². The van der Waals surface area contributed by atoms with Gasteiger partial charge >= 0.3 is 0 Å². The fourth-order valence-corrected chi connectivity index (χ4v) is 1.96. The molecule has 19 heavy (non-hydrogen) atoms. The second-order valence-corrected chi connectivity index (χ2v) is 4.62. The van der Waals surface area contributed by atoms with E-state index in [-0.39, 0.29) is 5.91 Å². The SMILES string of the molecule is CCCCN(CCN)C(=O)c1ccc(C)c(OC)c1. The molecule has 0 bridgehead atoms. The molecule has 0 aliphatic rings. The quantitative estimate of drug-likeness (QED) is 0.821. The molecule has 0 aromatic heterocycles. The van der Waals surface area contributed by atoms with Crippen LogP contribution in [0.1, 0.15) is 35.7 Å². The largest absolute Gasteiger partial charge is 0.496 e. The summed E-state index contributed by atoms with van der Waals surface area (Å²) in [5, 5.41) is 0. The van der Waals surface area contributed by atoms with E-state index in [4.69, 9.17) is 10.5 Å². The highest BCUT2D eigenvalue weighted by Crippen LogP contribution is 2.20. The third kappa shape index (κ3) is 4.24. The van der Waals surface area contributed by atoms with Crippen molar-refractivity contribution >= 4 is 5.91 Å². The maximum Gasteiger partial charge on any atom is 0.254 e. The van der Waals surface area contributed by atoms with Crippen LogP contribution in [0.2, 0.25) is 0 Å². The number of benzene rings is 1. The van der Waals surface area contributed by atoms with Gasteiger partial charge in [-0.05, 0) is 31.0 Å². The molecule has 0 saturated carbocycles. The third-order valence-electron chi connectivity index (χ3n) is 3.12. The van der Waals surface area contributed by atoms with Crippen LogP contribution in [-0.2, 0) is 0 Å². The van der Waals surface area contributed by atoms with E-state index in [1.165, 1.54) is 0 Å². The number of methoxy groups -OCH3 is 1. The number of hydrogen-bond acceptors (Lipinski definition) is 3. The summed E-state index contributed by atoms with van der Waals surface area (Å²) in [4.78, 5) is 14.2. The molecule has 1 rings (SSSR count). The number of unbranched alkanes of at least 4 members (excludes halogenated alkanes) is 1. The minimum absolute atomic E-state index is 0.0252. The Morgan fingerprint density at radius 1 is 1.37 bits per heavy atom. The molecule has 1 aromatic rings. The van der Waals surface area contributed by atoms with Gasteiger partial charge in [0.15, 0.2) is 0 Å². The van der Waals surface area contributed by atoms with Crippen LogP contribution in [0.5, 0.6) is 5.75 Å². The second-order valence-electron chi connectivity index (χ2n) is 4.62. The number of rotatable bonds is 7. The molecule has 4 heteroatoms. The molecule has 0 spiro atoms. The fraction of sp³-hybridized carbons (Fsp3) is 0.533. The first-order valence-corrected chi connectivity index (χ1v) is 6.78. The smallest absolute Gasteiger partial charge is 0.254 e. The summed E-state index contributed by atoms with van der Waals surface area (Å²) in [5.74, 6) is 0.770. The summed E-state index contributed by atoms with van der Waals surface area (Å²) in [7, 11) is 1.62. The molecule has 0 unspecified atom stereocenters. The van der Waals surface area contributed by atoms with Crippen LogP contribution in [0, 0.1) is 6.92 Å². The Morgan fingerprint density at radius 3 is 2.68 bits per heavy atom. The van der Waals surface area contributed by atoms with Gasteiger partial charge in [0.2, 0.25) is 0 Å². The maximum atomic E-state index is 12.4. The van der Waals surface area contributed by atoms with Crippen LogP contribution in [0.3, 0.4) is 0 Å². The molecular weight excluding hydrogens is 240 g/mol. The molecule has 1 aromatic carbocycles. The van der Waals surface area contributed by atoms with Gasteiger partial charge in [-0.2, -0.15) is 0 Å². The van der Waals surface area contributed by atoms with Gasteiger partial charge in [-0.25, -0.2) is 0 Å². The summed E-state index contributed by atoms with van der Waals surface area (Å²) in [6, 6.07) is 5.55. The standard InChI is InChI=1S/C15H24N2O2/c1-4-5-9-17(10-8-16)15(18)13-7-6-12(2)14(11-13)19-3/h6-7,11H,4-5,8-10,16H2,1-3H3. The van der Waals surface area contributed by atoms with Gasteiger partial charge in [0, 0.05) is 25.2 Å². The molecule has 1 amide bonds. The number of nitrogens with two attached hydrogens (primary N) is 1. The van der Waals surface area contributed by atoms with Crippen LogP contribution in [0.4, 0.5) is 0 Å². The van der Waals surface area contributed by atoms with Gasteiger partial charge in [0.1, 0.15) is 5.75 Å². The summed E-state index contributed by atoms with van der Waals surface area (Å²) in [5.41, 5.74) is 7.26. The Balaban J connectivity index is 2.88. The number of aryl methyl sites for hydroxylation is 1. The number of hydrogen-bond donors (Lipinski definition) is 1. The highest BCUT2D eigenvalue weighted by Gasteiger charge is 2.15. The van der Waals surface area contributed by atoms with Crippen molar-refractivity contribution in [2.45, 2.75) is 26.7 Å². The molecule has 2 N–H and O–H groups in total. The third-order valence-corrected chi connectivity index (χ3v) is 3.12. The Labute approximate surface area is 115 Å². The molecule has 0 saturated heterocycles. The summed E-state index contributed by atoms with van der Waals surface area (Å²) in [6.45, 7) is 5.90. The first-order chi connectivity index (χ1) is 9.13. The van der Waals surface area contributed by atoms with Gasteiger partial charge in [-0.3, -0.25) is 4.79 Å². The van der Waals surface area contributed by atoms with Gasteiger partial charge < -0.3 is 15.4 Å². The Hall–Kier alpha value is -1.55. The van der Waals surface area contributed by atoms with Gasteiger partial charge in [0.05, 0.1) is 7.11 Å². The average Bonchev–Trinajstić information content (AvgIpc) is 2.43. The molecule has 0 aliphatic carbocycles. The van der Waals surface area contributed by atoms with E-state index in [0.717, 1.165) is 30.7 Å². The minimum Gasteiger partial charge on any atom is -0.496 e. The molecule has 0 fully saturated rings. The van der Waals surface area contributed by atoms with Gasteiger partial charge in [-0.1, -0.05) is 19.4 Å². The summed E-state index contributed by atoms with van der Waals surface area (Å²) >= 11 is 0. The molecule has 0 heterocycles.